The number of nitrogens with zero attached hydrogens (tertiary/aromatic N) is 2. The average molecular weight is 259 g/mol. The summed E-state index contributed by atoms with van der Waals surface area (Å²) in [6, 6.07) is 7.11. The van der Waals surface area contributed by atoms with E-state index >= 15 is 0 Å². The molecule has 0 aromatic carbocycles. The molecule has 1 aromatic rings. The monoisotopic (exact) mass is 259 g/mol. The van der Waals surface area contributed by atoms with Gasteiger partial charge in [-0.05, 0) is 17.5 Å². The second-order valence-electron chi connectivity index (χ2n) is 3.08. The molecule has 0 aliphatic carbocycles. The molecule has 0 fully saturated rings. The van der Waals surface area contributed by atoms with Gasteiger partial charge in [-0.25, -0.2) is 4.79 Å². The predicted molar refractivity (Wildman–Crippen MR) is 66.8 cm³/mol. The molecule has 0 spiro atoms. The van der Waals surface area contributed by atoms with Crippen molar-refractivity contribution in [1.82, 2.24) is 0 Å². The van der Waals surface area contributed by atoms with Crippen LogP contribution < -0.4 is 5.73 Å². The topological polar surface area (TPSA) is 99.9 Å². The standard InChI is InChI=1S/C12H9N3O2S/c1-17-12(16)10(7-14)11(15)8(6-13)5-9-3-2-4-18-9/h2-5H,15H2,1H3/b8-5+,11-10-. The minimum absolute atomic E-state index is 0.0550. The van der Waals surface area contributed by atoms with Crippen molar-refractivity contribution >= 4 is 23.4 Å². The lowest BCUT2D eigenvalue weighted by Gasteiger charge is -2.02. The van der Waals surface area contributed by atoms with E-state index in [-0.39, 0.29) is 16.8 Å². The van der Waals surface area contributed by atoms with Crippen molar-refractivity contribution in [3.8, 4) is 12.1 Å². The number of hydrogen-bond donors (Lipinski definition) is 1. The van der Waals surface area contributed by atoms with Gasteiger partial charge >= 0.3 is 5.97 Å². The van der Waals surface area contributed by atoms with Crippen LogP contribution in [0.3, 0.4) is 0 Å². The van der Waals surface area contributed by atoms with Crippen LogP contribution in [0.4, 0.5) is 0 Å². The van der Waals surface area contributed by atoms with Gasteiger partial charge in [-0.15, -0.1) is 11.3 Å². The molecule has 2 N–H and O–H groups in total. The second kappa shape index (κ2) is 6.24. The summed E-state index contributed by atoms with van der Waals surface area (Å²) in [6.07, 6.45) is 1.51. The van der Waals surface area contributed by atoms with Gasteiger partial charge in [0.25, 0.3) is 0 Å². The minimum atomic E-state index is -0.859. The lowest BCUT2D eigenvalue weighted by Crippen LogP contribution is -2.12. The van der Waals surface area contributed by atoms with Crippen molar-refractivity contribution in [2.45, 2.75) is 0 Å². The fraction of sp³-hybridized carbons (Fsp3) is 0.0833. The van der Waals surface area contributed by atoms with E-state index in [9.17, 15) is 4.79 Å². The van der Waals surface area contributed by atoms with Crippen LogP contribution in [0.25, 0.3) is 6.08 Å². The molecular formula is C12H9N3O2S. The molecule has 0 atom stereocenters. The first kappa shape index (κ1) is 13.5. The molecule has 0 radical (unpaired) electrons. The van der Waals surface area contributed by atoms with E-state index in [1.54, 1.807) is 12.1 Å². The van der Waals surface area contributed by atoms with Gasteiger partial charge in [0.15, 0.2) is 5.57 Å². The number of carbonyl (C=O) groups is 1. The zero-order chi connectivity index (χ0) is 13.5. The number of methoxy groups -OCH3 is 1. The van der Waals surface area contributed by atoms with Crippen LogP contribution in [0.15, 0.2) is 34.4 Å². The highest BCUT2D eigenvalue weighted by Gasteiger charge is 2.16. The molecule has 1 aromatic heterocycles. The fourth-order valence-corrected chi connectivity index (χ4v) is 1.80. The summed E-state index contributed by atoms with van der Waals surface area (Å²) in [5.41, 5.74) is 5.15. The number of nitriles is 2. The number of carbonyl (C=O) groups excluding carboxylic acids is 1. The Bertz CT molecular complexity index is 586. The third kappa shape index (κ3) is 2.97. The second-order valence-corrected chi connectivity index (χ2v) is 4.06. The van der Waals surface area contributed by atoms with E-state index in [4.69, 9.17) is 16.3 Å². The van der Waals surface area contributed by atoms with Crippen molar-refractivity contribution in [3.63, 3.8) is 0 Å². The van der Waals surface area contributed by atoms with Crippen LogP contribution in [0.5, 0.6) is 0 Å². The average Bonchev–Trinajstić information content (AvgIpc) is 2.89. The number of hydrogen-bond acceptors (Lipinski definition) is 6. The fourth-order valence-electron chi connectivity index (χ4n) is 1.14. The SMILES string of the molecule is COC(=O)/C(C#N)=C(N)/C(C#N)=C/c1cccs1. The van der Waals surface area contributed by atoms with E-state index in [0.29, 0.717) is 0 Å². The van der Waals surface area contributed by atoms with Crippen LogP contribution in [0.1, 0.15) is 4.88 Å². The van der Waals surface area contributed by atoms with Gasteiger partial charge in [0.05, 0.1) is 18.4 Å². The maximum absolute atomic E-state index is 11.3. The number of rotatable bonds is 3. The molecule has 0 aliphatic rings. The Morgan fingerprint density at radius 1 is 1.50 bits per heavy atom. The van der Waals surface area contributed by atoms with Crippen molar-refractivity contribution in [2.24, 2.45) is 5.73 Å². The Morgan fingerprint density at radius 2 is 2.22 bits per heavy atom. The van der Waals surface area contributed by atoms with Crippen LogP contribution in [-0.2, 0) is 9.53 Å². The van der Waals surface area contributed by atoms with Gasteiger partial charge < -0.3 is 10.5 Å². The number of esters is 1. The molecule has 6 heteroatoms. The molecule has 0 saturated heterocycles. The van der Waals surface area contributed by atoms with E-state index in [1.807, 2.05) is 17.5 Å². The zero-order valence-electron chi connectivity index (χ0n) is 9.51. The quantitative estimate of drug-likeness (QED) is 0.384. The van der Waals surface area contributed by atoms with E-state index in [2.05, 4.69) is 4.74 Å². The molecule has 1 heterocycles. The first-order chi connectivity index (χ1) is 8.63. The Balaban J connectivity index is 3.26. The van der Waals surface area contributed by atoms with Gasteiger partial charge in [0, 0.05) is 4.88 Å². The molecule has 0 unspecified atom stereocenters. The van der Waals surface area contributed by atoms with Crippen LogP contribution in [0.2, 0.25) is 0 Å². The summed E-state index contributed by atoms with van der Waals surface area (Å²) in [5.74, 6) is -0.859. The van der Waals surface area contributed by atoms with Crippen LogP contribution in [-0.4, -0.2) is 13.1 Å². The number of allylic oxidation sites excluding steroid dienone is 1. The highest BCUT2D eigenvalue weighted by Crippen LogP contribution is 2.17. The number of nitrogens with two attached hydrogens (primary N) is 1. The smallest absolute Gasteiger partial charge is 0.350 e. The van der Waals surface area contributed by atoms with E-state index < -0.39 is 5.97 Å². The third-order valence-electron chi connectivity index (χ3n) is 2.01. The van der Waals surface area contributed by atoms with Gasteiger partial charge in [-0.1, -0.05) is 6.07 Å². The largest absolute Gasteiger partial charge is 0.465 e. The predicted octanol–water partition coefficient (Wildman–Crippen LogP) is 1.56. The Kier molecular flexibility index (Phi) is 4.67. The van der Waals surface area contributed by atoms with E-state index in [1.165, 1.54) is 17.4 Å². The maximum Gasteiger partial charge on any atom is 0.350 e. The maximum atomic E-state index is 11.3. The Labute approximate surface area is 108 Å². The Hall–Kier alpha value is -2.57. The summed E-state index contributed by atoms with van der Waals surface area (Å²) in [6.45, 7) is 0. The summed E-state index contributed by atoms with van der Waals surface area (Å²) >= 11 is 1.41. The molecule has 0 saturated carbocycles. The molecule has 0 amide bonds. The van der Waals surface area contributed by atoms with Gasteiger partial charge in [-0.3, -0.25) is 0 Å². The van der Waals surface area contributed by atoms with Gasteiger partial charge in [-0.2, -0.15) is 10.5 Å². The van der Waals surface area contributed by atoms with E-state index in [0.717, 1.165) is 12.0 Å². The summed E-state index contributed by atoms with van der Waals surface area (Å²) < 4.78 is 4.42. The molecule has 0 bridgehead atoms. The summed E-state index contributed by atoms with van der Waals surface area (Å²) in [4.78, 5) is 12.1. The highest BCUT2D eigenvalue weighted by atomic mass is 32.1. The molecular weight excluding hydrogens is 250 g/mol. The molecule has 1 rings (SSSR count). The molecule has 90 valence electrons. The highest BCUT2D eigenvalue weighted by molar-refractivity contribution is 7.10. The number of ether oxygens (including phenoxy) is 1. The Morgan fingerprint density at radius 3 is 2.67 bits per heavy atom. The van der Waals surface area contributed by atoms with Crippen molar-refractivity contribution in [1.29, 1.82) is 10.5 Å². The van der Waals surface area contributed by atoms with Gasteiger partial charge in [0.2, 0.25) is 0 Å². The first-order valence-electron chi connectivity index (χ1n) is 4.77. The summed E-state index contributed by atoms with van der Waals surface area (Å²) in [7, 11) is 1.14. The zero-order valence-corrected chi connectivity index (χ0v) is 10.3. The van der Waals surface area contributed by atoms with Crippen LogP contribution >= 0.6 is 11.3 Å². The third-order valence-corrected chi connectivity index (χ3v) is 2.83. The summed E-state index contributed by atoms with van der Waals surface area (Å²) in [5, 5.41) is 19.7. The van der Waals surface area contributed by atoms with Crippen molar-refractivity contribution in [3.05, 3.63) is 39.2 Å². The first-order valence-corrected chi connectivity index (χ1v) is 5.65. The van der Waals surface area contributed by atoms with Crippen LogP contribution in [0, 0.1) is 22.7 Å². The molecule has 0 aliphatic heterocycles. The molecule has 18 heavy (non-hydrogen) atoms. The number of thiophene rings is 1. The minimum Gasteiger partial charge on any atom is -0.465 e. The normalized spacial score (nSPS) is 12.1. The lowest BCUT2D eigenvalue weighted by atomic mass is 10.1. The molecule has 5 nitrogen and oxygen atoms in total. The van der Waals surface area contributed by atoms with Crippen molar-refractivity contribution in [2.75, 3.05) is 7.11 Å². The van der Waals surface area contributed by atoms with Gasteiger partial charge in [0.1, 0.15) is 12.1 Å². The van der Waals surface area contributed by atoms with Crippen molar-refractivity contribution < 1.29 is 9.53 Å². The lowest BCUT2D eigenvalue weighted by molar-refractivity contribution is -0.135.